The number of benzene rings is 1. The highest BCUT2D eigenvalue weighted by atomic mass is 32.2. The van der Waals surface area contributed by atoms with E-state index in [1.807, 2.05) is 29.0 Å². The number of hydrogen-bond acceptors (Lipinski definition) is 6. The average Bonchev–Trinajstić information content (AvgIpc) is 3.51. The van der Waals surface area contributed by atoms with E-state index in [1.165, 1.54) is 11.8 Å². The van der Waals surface area contributed by atoms with Gasteiger partial charge >= 0.3 is 0 Å². The SMILES string of the molecule is CCc1cccc2c(/C=C3\SC(=S)N(CCOC)C3=O)cn(CC(=O)NC[C@@H]3CCCO3)c12. The Morgan fingerprint density at radius 3 is 3.00 bits per heavy atom. The van der Waals surface area contributed by atoms with Gasteiger partial charge in [0.05, 0.1) is 29.7 Å². The smallest absolute Gasteiger partial charge is 0.266 e. The fourth-order valence-corrected chi connectivity index (χ4v) is 5.55. The minimum Gasteiger partial charge on any atom is -0.383 e. The van der Waals surface area contributed by atoms with Crippen molar-refractivity contribution >= 4 is 57.1 Å². The van der Waals surface area contributed by atoms with Crippen LogP contribution in [-0.2, 0) is 32.0 Å². The van der Waals surface area contributed by atoms with Crippen molar-refractivity contribution in [1.82, 2.24) is 14.8 Å². The van der Waals surface area contributed by atoms with Crippen LogP contribution < -0.4 is 5.32 Å². The summed E-state index contributed by atoms with van der Waals surface area (Å²) in [4.78, 5) is 27.8. The molecule has 2 aliphatic heterocycles. The molecular weight excluding hydrogens is 458 g/mol. The first-order chi connectivity index (χ1) is 16.0. The second kappa shape index (κ2) is 10.8. The molecule has 0 aliphatic carbocycles. The van der Waals surface area contributed by atoms with Crippen molar-refractivity contribution in [3.63, 3.8) is 0 Å². The summed E-state index contributed by atoms with van der Waals surface area (Å²) in [6.07, 6.45) is 6.82. The molecule has 1 atom stereocenters. The number of hydrogen-bond donors (Lipinski definition) is 1. The number of carbonyl (C=O) groups excluding carboxylic acids is 2. The van der Waals surface area contributed by atoms with E-state index in [9.17, 15) is 9.59 Å². The number of ether oxygens (including phenoxy) is 2. The van der Waals surface area contributed by atoms with Crippen molar-refractivity contribution in [2.45, 2.75) is 38.8 Å². The zero-order valence-corrected chi connectivity index (χ0v) is 20.6. The normalized spacial score (nSPS) is 19.9. The van der Waals surface area contributed by atoms with Crippen LogP contribution in [0.25, 0.3) is 17.0 Å². The van der Waals surface area contributed by atoms with E-state index < -0.39 is 0 Å². The van der Waals surface area contributed by atoms with Crippen LogP contribution in [0.3, 0.4) is 0 Å². The lowest BCUT2D eigenvalue weighted by Gasteiger charge is -2.12. The lowest BCUT2D eigenvalue weighted by molar-refractivity contribution is -0.123. The van der Waals surface area contributed by atoms with Gasteiger partial charge in [-0.2, -0.15) is 0 Å². The second-order valence-corrected chi connectivity index (χ2v) is 9.82. The molecule has 33 heavy (non-hydrogen) atoms. The number of thiocarbonyl (C=S) groups is 1. The molecule has 0 unspecified atom stereocenters. The molecule has 7 nitrogen and oxygen atoms in total. The first kappa shape index (κ1) is 23.9. The number of aryl methyl sites for hydroxylation is 1. The number of aromatic nitrogens is 1. The first-order valence-electron chi connectivity index (χ1n) is 11.2. The van der Waals surface area contributed by atoms with Gasteiger partial charge in [-0.15, -0.1) is 0 Å². The fourth-order valence-electron chi connectivity index (χ4n) is 4.25. The summed E-state index contributed by atoms with van der Waals surface area (Å²) in [6, 6.07) is 6.13. The Bertz CT molecular complexity index is 1090. The fraction of sp³-hybridized carbons (Fsp3) is 0.458. The lowest BCUT2D eigenvalue weighted by Crippen LogP contribution is -2.34. The minimum absolute atomic E-state index is 0.0502. The van der Waals surface area contributed by atoms with Crippen LogP contribution >= 0.6 is 24.0 Å². The van der Waals surface area contributed by atoms with Crippen LogP contribution in [-0.4, -0.2) is 65.1 Å². The molecule has 2 fully saturated rings. The molecule has 2 amide bonds. The van der Waals surface area contributed by atoms with Gasteiger partial charge in [-0.3, -0.25) is 14.5 Å². The predicted octanol–water partition coefficient (Wildman–Crippen LogP) is 3.35. The molecule has 9 heteroatoms. The van der Waals surface area contributed by atoms with Gasteiger partial charge in [0.2, 0.25) is 5.91 Å². The topological polar surface area (TPSA) is 72.8 Å². The predicted molar refractivity (Wildman–Crippen MR) is 135 cm³/mol. The van der Waals surface area contributed by atoms with Crippen LogP contribution in [0.5, 0.6) is 0 Å². The van der Waals surface area contributed by atoms with E-state index in [0.717, 1.165) is 47.9 Å². The molecule has 176 valence electrons. The van der Waals surface area contributed by atoms with Crippen LogP contribution in [0.4, 0.5) is 0 Å². The van der Waals surface area contributed by atoms with Crippen molar-refractivity contribution in [3.05, 3.63) is 40.4 Å². The first-order valence-corrected chi connectivity index (χ1v) is 12.5. The number of rotatable bonds is 9. The number of nitrogens with one attached hydrogen (secondary N) is 1. The van der Waals surface area contributed by atoms with Crippen molar-refractivity contribution in [3.8, 4) is 0 Å². The van der Waals surface area contributed by atoms with E-state index in [1.54, 1.807) is 12.0 Å². The zero-order valence-electron chi connectivity index (χ0n) is 19.0. The summed E-state index contributed by atoms with van der Waals surface area (Å²) in [7, 11) is 1.60. The summed E-state index contributed by atoms with van der Waals surface area (Å²) in [6.45, 7) is 4.48. The number of thioether (sulfide) groups is 1. The molecule has 2 aromatic rings. The van der Waals surface area contributed by atoms with E-state index in [-0.39, 0.29) is 24.5 Å². The Morgan fingerprint density at radius 2 is 2.27 bits per heavy atom. The highest BCUT2D eigenvalue weighted by Crippen LogP contribution is 2.35. The van der Waals surface area contributed by atoms with Crippen molar-refractivity contribution in [2.24, 2.45) is 0 Å². The maximum atomic E-state index is 12.9. The van der Waals surface area contributed by atoms with Gasteiger partial charge in [-0.25, -0.2) is 0 Å². The highest BCUT2D eigenvalue weighted by Gasteiger charge is 2.32. The van der Waals surface area contributed by atoms with Gasteiger partial charge in [0, 0.05) is 37.4 Å². The second-order valence-electron chi connectivity index (χ2n) is 8.14. The van der Waals surface area contributed by atoms with Crippen LogP contribution in [0.15, 0.2) is 29.3 Å². The molecule has 2 saturated heterocycles. The number of nitrogens with zero attached hydrogens (tertiary/aromatic N) is 2. The van der Waals surface area contributed by atoms with E-state index in [0.29, 0.717) is 28.9 Å². The van der Waals surface area contributed by atoms with Crippen molar-refractivity contribution in [1.29, 1.82) is 0 Å². The largest absolute Gasteiger partial charge is 0.383 e. The number of carbonyl (C=O) groups is 2. The lowest BCUT2D eigenvalue weighted by atomic mass is 10.1. The highest BCUT2D eigenvalue weighted by molar-refractivity contribution is 8.26. The third-order valence-corrected chi connectivity index (χ3v) is 7.32. The third-order valence-electron chi connectivity index (χ3n) is 5.94. The maximum absolute atomic E-state index is 12.9. The maximum Gasteiger partial charge on any atom is 0.266 e. The molecule has 0 spiro atoms. The van der Waals surface area contributed by atoms with E-state index in [2.05, 4.69) is 18.3 Å². The molecular formula is C24H29N3O4S2. The minimum atomic E-state index is -0.107. The summed E-state index contributed by atoms with van der Waals surface area (Å²) in [5.74, 6) is -0.158. The van der Waals surface area contributed by atoms with Gasteiger partial charge in [-0.1, -0.05) is 49.1 Å². The van der Waals surface area contributed by atoms with Gasteiger partial charge in [0.25, 0.3) is 5.91 Å². The molecule has 0 radical (unpaired) electrons. The number of amides is 2. The van der Waals surface area contributed by atoms with Crippen LogP contribution in [0.1, 0.15) is 30.9 Å². The number of para-hydroxylation sites is 1. The van der Waals surface area contributed by atoms with Gasteiger partial charge in [0.15, 0.2) is 0 Å². The van der Waals surface area contributed by atoms with Gasteiger partial charge in [0.1, 0.15) is 10.9 Å². The summed E-state index contributed by atoms with van der Waals surface area (Å²) in [5.41, 5.74) is 3.08. The van der Waals surface area contributed by atoms with Gasteiger partial charge in [-0.05, 0) is 30.9 Å². The van der Waals surface area contributed by atoms with Crippen LogP contribution in [0, 0.1) is 0 Å². The quantitative estimate of drug-likeness (QED) is 0.432. The molecule has 1 aromatic carbocycles. The third kappa shape index (κ3) is 5.32. The number of methoxy groups -OCH3 is 1. The summed E-state index contributed by atoms with van der Waals surface area (Å²) < 4.78 is 13.2. The molecule has 0 bridgehead atoms. The average molecular weight is 488 g/mol. The Morgan fingerprint density at radius 1 is 1.42 bits per heavy atom. The molecule has 4 rings (SSSR count). The Balaban J connectivity index is 1.60. The monoisotopic (exact) mass is 487 g/mol. The van der Waals surface area contributed by atoms with Crippen molar-refractivity contribution in [2.75, 3.05) is 33.4 Å². The molecule has 1 aromatic heterocycles. The molecule has 3 heterocycles. The Kier molecular flexibility index (Phi) is 7.85. The zero-order chi connectivity index (χ0) is 23.4. The summed E-state index contributed by atoms with van der Waals surface area (Å²) >= 11 is 6.70. The van der Waals surface area contributed by atoms with E-state index in [4.69, 9.17) is 21.7 Å². The van der Waals surface area contributed by atoms with E-state index >= 15 is 0 Å². The Hall–Kier alpha value is -2.20. The molecule has 1 N–H and O–H groups in total. The summed E-state index contributed by atoms with van der Waals surface area (Å²) in [5, 5.41) is 4.02. The van der Waals surface area contributed by atoms with Gasteiger partial charge < -0.3 is 19.4 Å². The van der Waals surface area contributed by atoms with Crippen molar-refractivity contribution < 1.29 is 19.1 Å². The molecule has 0 saturated carbocycles. The standard InChI is InChI=1S/C24H29N3O4S2/c1-3-16-6-4-8-19-17(12-20-23(29)27(9-11-30-2)24(32)33-20)14-26(22(16)19)15-21(28)25-13-18-7-5-10-31-18/h4,6,8,12,14,18H,3,5,7,9-11,13,15H2,1-2H3,(H,25,28)/b20-12-/t18-/m0/s1. The van der Waals surface area contributed by atoms with Crippen LogP contribution in [0.2, 0.25) is 0 Å². The molecule has 2 aliphatic rings. The Labute approximate surface area is 203 Å². The number of fused-ring (bicyclic) bond motifs is 1.